The Morgan fingerprint density at radius 3 is 2.67 bits per heavy atom. The summed E-state index contributed by atoms with van der Waals surface area (Å²) in [6.45, 7) is 1.24. The minimum absolute atomic E-state index is 0.542. The molecule has 2 heteroatoms. The Morgan fingerprint density at radius 1 is 1.28 bits per heavy atom. The monoisotopic (exact) mass is 244 g/mol. The molecule has 98 valence electrons. The Kier molecular flexibility index (Phi) is 2.38. The first-order valence-corrected chi connectivity index (χ1v) is 7.58. The van der Waals surface area contributed by atoms with Crippen molar-refractivity contribution in [2.24, 2.45) is 23.7 Å². The third-order valence-electron chi connectivity index (χ3n) is 6.12. The topological polar surface area (TPSA) is 27.8 Å². The van der Waals surface area contributed by atoms with Crippen molar-refractivity contribution in [2.45, 2.75) is 37.5 Å². The molecule has 0 saturated heterocycles. The molecule has 4 fully saturated rings. The van der Waals surface area contributed by atoms with Crippen molar-refractivity contribution in [3.63, 3.8) is 0 Å². The van der Waals surface area contributed by atoms with Crippen LogP contribution in [0.5, 0.6) is 0 Å². The van der Waals surface area contributed by atoms with Gasteiger partial charge in [-0.05, 0) is 86.4 Å². The van der Waals surface area contributed by atoms with Gasteiger partial charge in [0.1, 0.15) is 0 Å². The summed E-state index contributed by atoms with van der Waals surface area (Å²) in [5, 5.41) is 3.44. The molecule has 2 unspecified atom stereocenters. The summed E-state index contributed by atoms with van der Waals surface area (Å²) in [5.41, 5.74) is 2.14. The van der Waals surface area contributed by atoms with Gasteiger partial charge in [0.25, 0.3) is 0 Å². The summed E-state index contributed by atoms with van der Waals surface area (Å²) in [6, 6.07) is 2.33. The van der Waals surface area contributed by atoms with Gasteiger partial charge >= 0.3 is 0 Å². The van der Waals surface area contributed by atoms with Crippen molar-refractivity contribution in [1.29, 1.82) is 0 Å². The van der Waals surface area contributed by atoms with Gasteiger partial charge in [-0.25, -0.2) is 0 Å². The zero-order valence-corrected chi connectivity index (χ0v) is 11.3. The van der Waals surface area contributed by atoms with Crippen LogP contribution in [-0.2, 0) is 5.41 Å². The van der Waals surface area contributed by atoms with E-state index >= 15 is 0 Å². The van der Waals surface area contributed by atoms with Crippen LogP contribution < -0.4 is 5.32 Å². The molecule has 2 atom stereocenters. The average molecular weight is 244 g/mol. The number of hydrogen-bond donors (Lipinski definition) is 2. The molecule has 0 spiro atoms. The third kappa shape index (κ3) is 1.45. The molecule has 0 amide bonds. The Balaban J connectivity index is 1.67. The van der Waals surface area contributed by atoms with Gasteiger partial charge in [-0.2, -0.15) is 0 Å². The maximum Gasteiger partial charge on any atom is 0.00430 e. The number of aromatic amines is 1. The fraction of sp³-hybridized carbons (Fsp3) is 0.750. The molecule has 1 aromatic rings. The largest absolute Gasteiger partial charge is 0.367 e. The molecule has 5 rings (SSSR count). The van der Waals surface area contributed by atoms with E-state index in [1.54, 1.807) is 5.56 Å². The molecule has 4 aliphatic rings. The second-order valence-corrected chi connectivity index (χ2v) is 7.07. The van der Waals surface area contributed by atoms with Gasteiger partial charge in [0.05, 0.1) is 0 Å². The van der Waals surface area contributed by atoms with Crippen LogP contribution in [0.25, 0.3) is 0 Å². The maximum atomic E-state index is 3.44. The van der Waals surface area contributed by atoms with Crippen molar-refractivity contribution in [3.8, 4) is 0 Å². The van der Waals surface area contributed by atoms with E-state index in [2.05, 4.69) is 35.8 Å². The number of hydrogen-bond acceptors (Lipinski definition) is 1. The van der Waals surface area contributed by atoms with Crippen LogP contribution in [0.4, 0.5) is 0 Å². The van der Waals surface area contributed by atoms with Crippen molar-refractivity contribution in [1.82, 2.24) is 10.3 Å². The highest BCUT2D eigenvalue weighted by Gasteiger charge is 2.55. The minimum atomic E-state index is 0.542. The molecule has 4 saturated carbocycles. The van der Waals surface area contributed by atoms with Gasteiger partial charge < -0.3 is 10.3 Å². The van der Waals surface area contributed by atoms with E-state index in [4.69, 9.17) is 0 Å². The Bertz CT molecular complexity index is 406. The van der Waals surface area contributed by atoms with Crippen LogP contribution in [-0.4, -0.2) is 18.6 Å². The summed E-state index contributed by atoms with van der Waals surface area (Å²) in [6.07, 6.45) is 11.8. The SMILES string of the molecule is CNCC1C2CC3CC1CC(c1cc[nH]c1)(C3)C2. The first-order valence-electron chi connectivity index (χ1n) is 7.58. The van der Waals surface area contributed by atoms with Crippen LogP contribution >= 0.6 is 0 Å². The zero-order chi connectivity index (χ0) is 12.2. The van der Waals surface area contributed by atoms with E-state index in [-0.39, 0.29) is 0 Å². The molecule has 2 nitrogen and oxygen atoms in total. The average Bonchev–Trinajstić information content (AvgIpc) is 2.87. The summed E-state index contributed by atoms with van der Waals surface area (Å²) in [4.78, 5) is 3.28. The molecule has 0 radical (unpaired) electrons. The van der Waals surface area contributed by atoms with Crippen LogP contribution in [0, 0.1) is 23.7 Å². The predicted molar refractivity (Wildman–Crippen MR) is 73.4 cm³/mol. The molecule has 0 aromatic carbocycles. The van der Waals surface area contributed by atoms with Gasteiger partial charge in [0, 0.05) is 12.4 Å². The van der Waals surface area contributed by atoms with Gasteiger partial charge in [0.15, 0.2) is 0 Å². The lowest BCUT2D eigenvalue weighted by atomic mass is 9.45. The number of rotatable bonds is 3. The second kappa shape index (κ2) is 3.86. The molecule has 2 N–H and O–H groups in total. The van der Waals surface area contributed by atoms with Crippen LogP contribution in [0.3, 0.4) is 0 Å². The Hall–Kier alpha value is -0.760. The normalized spacial score (nSPS) is 45.6. The fourth-order valence-electron chi connectivity index (χ4n) is 5.71. The second-order valence-electron chi connectivity index (χ2n) is 7.07. The minimum Gasteiger partial charge on any atom is -0.367 e. The molecule has 4 bridgehead atoms. The lowest BCUT2D eigenvalue weighted by molar-refractivity contribution is -0.0546. The molecule has 0 aliphatic heterocycles. The highest BCUT2D eigenvalue weighted by molar-refractivity contribution is 5.27. The Labute approximate surface area is 110 Å². The van der Waals surface area contributed by atoms with E-state index in [1.165, 1.54) is 38.6 Å². The van der Waals surface area contributed by atoms with Crippen LogP contribution in [0.15, 0.2) is 18.5 Å². The molecule has 4 aliphatic carbocycles. The van der Waals surface area contributed by atoms with Crippen LogP contribution in [0.2, 0.25) is 0 Å². The Morgan fingerprint density at radius 2 is 2.06 bits per heavy atom. The van der Waals surface area contributed by atoms with Crippen molar-refractivity contribution in [2.75, 3.05) is 13.6 Å². The van der Waals surface area contributed by atoms with Crippen LogP contribution in [0.1, 0.15) is 37.7 Å². The predicted octanol–water partition coefficient (Wildman–Crippen LogP) is 2.93. The number of H-pyrrole nitrogens is 1. The standard InChI is InChI=1S/C16H24N2/c1-17-10-15-12-4-11-5-13(15)8-16(6-11,7-12)14-2-3-18-9-14/h2-3,9,11-13,15,17-18H,4-8,10H2,1H3. The molecule has 1 aromatic heterocycles. The highest BCUT2D eigenvalue weighted by atomic mass is 14.8. The van der Waals surface area contributed by atoms with E-state index < -0.39 is 0 Å². The first-order chi connectivity index (χ1) is 8.81. The van der Waals surface area contributed by atoms with E-state index in [9.17, 15) is 0 Å². The van der Waals surface area contributed by atoms with Crippen molar-refractivity contribution < 1.29 is 0 Å². The van der Waals surface area contributed by atoms with E-state index in [1.807, 2.05) is 0 Å². The van der Waals surface area contributed by atoms with Gasteiger partial charge in [-0.15, -0.1) is 0 Å². The number of aromatic nitrogens is 1. The lowest BCUT2D eigenvalue weighted by Gasteiger charge is -2.60. The summed E-state index contributed by atoms with van der Waals surface area (Å²) >= 11 is 0. The highest BCUT2D eigenvalue weighted by Crippen LogP contribution is 2.62. The summed E-state index contributed by atoms with van der Waals surface area (Å²) < 4.78 is 0. The fourth-order valence-corrected chi connectivity index (χ4v) is 5.71. The van der Waals surface area contributed by atoms with E-state index in [0.717, 1.165) is 23.7 Å². The van der Waals surface area contributed by atoms with Crippen molar-refractivity contribution in [3.05, 3.63) is 24.0 Å². The summed E-state index contributed by atoms with van der Waals surface area (Å²) in [5.74, 6) is 3.95. The first kappa shape index (κ1) is 11.1. The lowest BCUT2D eigenvalue weighted by Crippen LogP contribution is -2.54. The molecular weight excluding hydrogens is 220 g/mol. The molecule has 18 heavy (non-hydrogen) atoms. The van der Waals surface area contributed by atoms with Crippen molar-refractivity contribution >= 4 is 0 Å². The quantitative estimate of drug-likeness (QED) is 0.840. The van der Waals surface area contributed by atoms with Gasteiger partial charge in [-0.1, -0.05) is 0 Å². The van der Waals surface area contributed by atoms with Gasteiger partial charge in [0.2, 0.25) is 0 Å². The third-order valence-corrected chi connectivity index (χ3v) is 6.12. The van der Waals surface area contributed by atoms with E-state index in [0.29, 0.717) is 5.41 Å². The molecule has 1 heterocycles. The molecular formula is C16H24N2. The van der Waals surface area contributed by atoms with Gasteiger partial charge in [-0.3, -0.25) is 0 Å². The maximum absolute atomic E-state index is 3.44. The number of nitrogens with one attached hydrogen (secondary N) is 2. The smallest absolute Gasteiger partial charge is 0.00430 e. The zero-order valence-electron chi connectivity index (χ0n) is 11.3. The summed E-state index contributed by atoms with van der Waals surface area (Å²) in [7, 11) is 2.12.